The Labute approximate surface area is 110 Å². The predicted octanol–water partition coefficient (Wildman–Crippen LogP) is 2.77. The molecule has 0 saturated heterocycles. The Balaban J connectivity index is 1.68. The lowest BCUT2D eigenvalue weighted by atomic mass is 10.2. The lowest BCUT2D eigenvalue weighted by Crippen LogP contribution is -2.30. The molecule has 94 valence electrons. The number of likely N-dealkylation sites (N-methyl/N-ethyl adjacent to an activating group) is 1. The Morgan fingerprint density at radius 2 is 2.24 bits per heavy atom. The average Bonchev–Trinajstić information content (AvgIpc) is 3.13. The molecule has 0 bridgehead atoms. The van der Waals surface area contributed by atoms with E-state index in [4.69, 9.17) is 0 Å². The van der Waals surface area contributed by atoms with Crippen molar-refractivity contribution in [2.24, 2.45) is 0 Å². The van der Waals surface area contributed by atoms with Gasteiger partial charge >= 0.3 is 0 Å². The first kappa shape index (κ1) is 13.0. The Hall–Kier alpha value is -0.450. The van der Waals surface area contributed by atoms with Crippen LogP contribution in [0.5, 0.6) is 0 Å². The van der Waals surface area contributed by atoms with Gasteiger partial charge in [-0.05, 0) is 53.5 Å². The normalized spacial score (nSPS) is 15.5. The molecule has 1 N–H and O–H groups in total. The fourth-order valence-corrected chi connectivity index (χ4v) is 2.08. The summed E-state index contributed by atoms with van der Waals surface area (Å²) in [5.41, 5.74) is 0.986. The number of halogens is 2. The molecule has 1 aliphatic rings. The number of nitrogens with zero attached hydrogens (tertiary/aromatic N) is 1. The van der Waals surface area contributed by atoms with Crippen molar-refractivity contribution in [3.63, 3.8) is 0 Å². The predicted molar refractivity (Wildman–Crippen MR) is 71.5 cm³/mol. The molecule has 4 heteroatoms. The second-order valence-corrected chi connectivity index (χ2v) is 5.49. The Bertz CT molecular complexity index is 380. The Morgan fingerprint density at radius 3 is 2.88 bits per heavy atom. The standard InChI is InChI=1S/C13H18BrFN2/c1-17(11-3-4-11)7-6-16-9-10-2-5-12(14)13(15)8-10/h2,5,8,11,16H,3-4,6-7,9H2,1H3. The molecule has 2 nitrogen and oxygen atoms in total. The molecule has 2 rings (SSSR count). The van der Waals surface area contributed by atoms with Gasteiger partial charge in [0.1, 0.15) is 5.82 Å². The lowest BCUT2D eigenvalue weighted by molar-refractivity contribution is 0.321. The van der Waals surface area contributed by atoms with E-state index in [9.17, 15) is 4.39 Å². The van der Waals surface area contributed by atoms with Gasteiger partial charge in [-0.15, -0.1) is 0 Å². The van der Waals surface area contributed by atoms with Crippen LogP contribution in [0.2, 0.25) is 0 Å². The van der Waals surface area contributed by atoms with Crippen LogP contribution in [0.25, 0.3) is 0 Å². The van der Waals surface area contributed by atoms with E-state index >= 15 is 0 Å². The Kier molecular flexibility index (Phi) is 4.54. The van der Waals surface area contributed by atoms with E-state index in [1.165, 1.54) is 12.8 Å². The molecule has 0 radical (unpaired) electrons. The van der Waals surface area contributed by atoms with Crippen LogP contribution in [0.4, 0.5) is 4.39 Å². The summed E-state index contributed by atoms with van der Waals surface area (Å²) in [6.07, 6.45) is 2.68. The molecule has 1 aliphatic carbocycles. The van der Waals surface area contributed by atoms with Crippen molar-refractivity contribution in [1.82, 2.24) is 10.2 Å². The van der Waals surface area contributed by atoms with Crippen molar-refractivity contribution in [2.75, 3.05) is 20.1 Å². The summed E-state index contributed by atoms with van der Waals surface area (Å²) in [5.74, 6) is -0.195. The van der Waals surface area contributed by atoms with E-state index in [0.717, 1.165) is 31.2 Å². The maximum Gasteiger partial charge on any atom is 0.137 e. The molecule has 0 spiro atoms. The quantitative estimate of drug-likeness (QED) is 0.813. The summed E-state index contributed by atoms with van der Waals surface area (Å²) < 4.78 is 13.8. The Morgan fingerprint density at radius 1 is 1.47 bits per heavy atom. The van der Waals surface area contributed by atoms with E-state index in [1.807, 2.05) is 6.07 Å². The lowest BCUT2D eigenvalue weighted by Gasteiger charge is -2.15. The van der Waals surface area contributed by atoms with E-state index in [1.54, 1.807) is 12.1 Å². The highest BCUT2D eigenvalue weighted by Crippen LogP contribution is 2.24. The van der Waals surface area contributed by atoms with Gasteiger partial charge in [0.05, 0.1) is 4.47 Å². The molecule has 17 heavy (non-hydrogen) atoms. The first-order valence-corrected chi connectivity index (χ1v) is 6.81. The molecule has 0 aliphatic heterocycles. The fourth-order valence-electron chi connectivity index (χ4n) is 1.84. The van der Waals surface area contributed by atoms with Crippen LogP contribution in [0.3, 0.4) is 0 Å². The first-order chi connectivity index (χ1) is 8.16. The van der Waals surface area contributed by atoms with Gasteiger partial charge in [0.25, 0.3) is 0 Å². The van der Waals surface area contributed by atoms with Crippen molar-refractivity contribution < 1.29 is 4.39 Å². The van der Waals surface area contributed by atoms with Crippen molar-refractivity contribution in [3.05, 3.63) is 34.1 Å². The van der Waals surface area contributed by atoms with Crippen LogP contribution in [-0.4, -0.2) is 31.1 Å². The molecule has 0 amide bonds. The smallest absolute Gasteiger partial charge is 0.137 e. The number of rotatable bonds is 6. The number of hydrogen-bond donors (Lipinski definition) is 1. The van der Waals surface area contributed by atoms with Gasteiger partial charge < -0.3 is 10.2 Å². The van der Waals surface area contributed by atoms with Gasteiger partial charge in [-0.1, -0.05) is 6.07 Å². The maximum atomic E-state index is 13.2. The van der Waals surface area contributed by atoms with Gasteiger partial charge in [0.15, 0.2) is 0 Å². The minimum absolute atomic E-state index is 0.195. The van der Waals surface area contributed by atoms with Crippen molar-refractivity contribution in [3.8, 4) is 0 Å². The average molecular weight is 301 g/mol. The van der Waals surface area contributed by atoms with Crippen LogP contribution < -0.4 is 5.32 Å². The van der Waals surface area contributed by atoms with E-state index in [0.29, 0.717) is 4.47 Å². The van der Waals surface area contributed by atoms with E-state index in [2.05, 4.69) is 33.2 Å². The van der Waals surface area contributed by atoms with Crippen molar-refractivity contribution in [2.45, 2.75) is 25.4 Å². The monoisotopic (exact) mass is 300 g/mol. The molecule has 0 heterocycles. The number of hydrogen-bond acceptors (Lipinski definition) is 2. The highest BCUT2D eigenvalue weighted by Gasteiger charge is 2.25. The largest absolute Gasteiger partial charge is 0.311 e. The molecule has 0 unspecified atom stereocenters. The molecular formula is C13H18BrFN2. The summed E-state index contributed by atoms with van der Waals surface area (Å²) in [4.78, 5) is 2.38. The topological polar surface area (TPSA) is 15.3 Å². The highest BCUT2D eigenvalue weighted by molar-refractivity contribution is 9.10. The van der Waals surface area contributed by atoms with Gasteiger partial charge in [-0.25, -0.2) is 4.39 Å². The van der Waals surface area contributed by atoms with Crippen LogP contribution in [0, 0.1) is 5.82 Å². The van der Waals surface area contributed by atoms with E-state index < -0.39 is 0 Å². The molecule has 1 saturated carbocycles. The third-order valence-corrected chi connectivity index (χ3v) is 3.77. The van der Waals surface area contributed by atoms with Gasteiger partial charge in [0.2, 0.25) is 0 Å². The molecule has 1 aromatic rings. The summed E-state index contributed by atoms with van der Waals surface area (Å²) >= 11 is 3.15. The summed E-state index contributed by atoms with van der Waals surface area (Å²) in [7, 11) is 2.17. The zero-order valence-corrected chi connectivity index (χ0v) is 11.6. The second-order valence-electron chi connectivity index (χ2n) is 4.64. The van der Waals surface area contributed by atoms with Crippen LogP contribution >= 0.6 is 15.9 Å². The number of nitrogens with one attached hydrogen (secondary N) is 1. The van der Waals surface area contributed by atoms with Gasteiger partial charge in [-0.3, -0.25) is 0 Å². The summed E-state index contributed by atoms with van der Waals surface area (Å²) in [6, 6.07) is 6.07. The highest BCUT2D eigenvalue weighted by atomic mass is 79.9. The minimum Gasteiger partial charge on any atom is -0.311 e. The minimum atomic E-state index is -0.195. The molecule has 0 atom stereocenters. The summed E-state index contributed by atoms with van der Waals surface area (Å²) in [5, 5.41) is 3.34. The first-order valence-electron chi connectivity index (χ1n) is 6.01. The van der Waals surface area contributed by atoms with Gasteiger partial charge in [-0.2, -0.15) is 0 Å². The molecule has 1 aromatic carbocycles. The van der Waals surface area contributed by atoms with Crippen molar-refractivity contribution in [1.29, 1.82) is 0 Å². The van der Waals surface area contributed by atoms with Crippen molar-refractivity contribution >= 4 is 15.9 Å². The van der Waals surface area contributed by atoms with Crippen LogP contribution in [0.15, 0.2) is 22.7 Å². The summed E-state index contributed by atoms with van der Waals surface area (Å²) in [6.45, 7) is 2.73. The molecule has 0 aromatic heterocycles. The molecular weight excluding hydrogens is 283 g/mol. The maximum absolute atomic E-state index is 13.2. The zero-order chi connectivity index (χ0) is 12.3. The fraction of sp³-hybridized carbons (Fsp3) is 0.538. The van der Waals surface area contributed by atoms with Crippen LogP contribution in [-0.2, 0) is 6.54 Å². The third-order valence-electron chi connectivity index (χ3n) is 3.12. The third kappa shape index (κ3) is 4.05. The van der Waals surface area contributed by atoms with Gasteiger partial charge in [0, 0.05) is 25.7 Å². The second kappa shape index (κ2) is 5.94. The van der Waals surface area contributed by atoms with E-state index in [-0.39, 0.29) is 5.82 Å². The number of benzene rings is 1. The molecule has 1 fully saturated rings. The SMILES string of the molecule is CN(CCNCc1ccc(Br)c(F)c1)C1CC1. The zero-order valence-electron chi connectivity index (χ0n) is 10.0. The van der Waals surface area contributed by atoms with Crippen LogP contribution in [0.1, 0.15) is 18.4 Å².